The van der Waals surface area contributed by atoms with Crippen molar-refractivity contribution in [1.29, 1.82) is 0 Å². The summed E-state index contributed by atoms with van der Waals surface area (Å²) in [4.78, 5) is 23.1. The SMILES string of the molecule is CC(=O)Oc1ccc(F)cc1C(=O)/C=C/c1ccccc1. The highest BCUT2D eigenvalue weighted by atomic mass is 19.1. The first-order valence-electron chi connectivity index (χ1n) is 6.31. The van der Waals surface area contributed by atoms with Crippen molar-refractivity contribution < 1.29 is 18.7 Å². The maximum absolute atomic E-state index is 13.3. The molecular formula is C17H13FO3. The molecule has 0 spiro atoms. The first-order chi connectivity index (χ1) is 10.1. The van der Waals surface area contributed by atoms with Crippen molar-refractivity contribution in [2.75, 3.05) is 0 Å². The van der Waals surface area contributed by atoms with Gasteiger partial charge in [0.05, 0.1) is 5.56 Å². The molecule has 106 valence electrons. The molecule has 3 nitrogen and oxygen atoms in total. The van der Waals surface area contributed by atoms with E-state index in [1.807, 2.05) is 30.3 Å². The van der Waals surface area contributed by atoms with Crippen LogP contribution in [0.2, 0.25) is 0 Å². The van der Waals surface area contributed by atoms with Crippen LogP contribution >= 0.6 is 0 Å². The second kappa shape index (κ2) is 6.61. The molecule has 0 atom stereocenters. The van der Waals surface area contributed by atoms with Gasteiger partial charge < -0.3 is 4.74 Å². The van der Waals surface area contributed by atoms with Crippen LogP contribution in [0.15, 0.2) is 54.6 Å². The van der Waals surface area contributed by atoms with Crippen molar-refractivity contribution in [3.63, 3.8) is 0 Å². The molecule has 0 aromatic heterocycles. The van der Waals surface area contributed by atoms with Gasteiger partial charge in [-0.1, -0.05) is 36.4 Å². The van der Waals surface area contributed by atoms with E-state index in [2.05, 4.69) is 0 Å². The van der Waals surface area contributed by atoms with E-state index in [0.717, 1.165) is 17.7 Å². The zero-order valence-electron chi connectivity index (χ0n) is 11.4. The molecule has 2 aromatic rings. The fraction of sp³-hybridized carbons (Fsp3) is 0.0588. The Labute approximate surface area is 121 Å². The van der Waals surface area contributed by atoms with Crippen molar-refractivity contribution in [1.82, 2.24) is 0 Å². The standard InChI is InChI=1S/C17H13FO3/c1-12(19)21-17-10-8-14(18)11-15(17)16(20)9-7-13-5-3-2-4-6-13/h2-11H,1H3/b9-7+. The lowest BCUT2D eigenvalue weighted by atomic mass is 10.1. The Kier molecular flexibility index (Phi) is 4.61. The summed E-state index contributed by atoms with van der Waals surface area (Å²) in [7, 11) is 0. The molecule has 0 bridgehead atoms. The second-order valence-corrected chi connectivity index (χ2v) is 4.34. The van der Waals surface area contributed by atoms with Gasteiger partial charge in [-0.25, -0.2) is 4.39 Å². The molecule has 0 saturated heterocycles. The summed E-state index contributed by atoms with van der Waals surface area (Å²) in [5, 5.41) is 0. The van der Waals surface area contributed by atoms with Crippen LogP contribution in [-0.2, 0) is 4.79 Å². The van der Waals surface area contributed by atoms with Gasteiger partial charge in [0.2, 0.25) is 0 Å². The lowest BCUT2D eigenvalue weighted by molar-refractivity contribution is -0.131. The van der Waals surface area contributed by atoms with Gasteiger partial charge in [0, 0.05) is 6.92 Å². The molecule has 0 saturated carbocycles. The third kappa shape index (κ3) is 4.11. The van der Waals surface area contributed by atoms with Crippen LogP contribution < -0.4 is 4.74 Å². The fourth-order valence-electron chi connectivity index (χ4n) is 1.76. The van der Waals surface area contributed by atoms with E-state index < -0.39 is 17.6 Å². The number of carbonyl (C=O) groups is 2. The number of ether oxygens (including phenoxy) is 1. The fourth-order valence-corrected chi connectivity index (χ4v) is 1.76. The second-order valence-electron chi connectivity index (χ2n) is 4.34. The summed E-state index contributed by atoms with van der Waals surface area (Å²) in [6.07, 6.45) is 2.93. The summed E-state index contributed by atoms with van der Waals surface area (Å²) in [6.45, 7) is 1.22. The number of hydrogen-bond donors (Lipinski definition) is 0. The summed E-state index contributed by atoms with van der Waals surface area (Å²) in [5.74, 6) is -1.52. The molecule has 0 amide bonds. The first kappa shape index (κ1) is 14.7. The molecule has 4 heteroatoms. The van der Waals surface area contributed by atoms with Gasteiger partial charge in [-0.05, 0) is 29.8 Å². The van der Waals surface area contributed by atoms with E-state index in [1.54, 1.807) is 6.08 Å². The third-order valence-electron chi connectivity index (χ3n) is 2.69. The molecule has 0 heterocycles. The minimum Gasteiger partial charge on any atom is -0.426 e. The number of hydrogen-bond acceptors (Lipinski definition) is 3. The van der Waals surface area contributed by atoms with E-state index in [9.17, 15) is 14.0 Å². The molecule has 2 rings (SSSR count). The van der Waals surface area contributed by atoms with E-state index in [-0.39, 0.29) is 11.3 Å². The Morgan fingerprint density at radius 2 is 1.81 bits per heavy atom. The number of carbonyl (C=O) groups excluding carboxylic acids is 2. The zero-order valence-corrected chi connectivity index (χ0v) is 11.4. The summed E-state index contributed by atoms with van der Waals surface area (Å²) < 4.78 is 18.2. The van der Waals surface area contributed by atoms with Crippen LogP contribution in [0.3, 0.4) is 0 Å². The quantitative estimate of drug-likeness (QED) is 0.372. The Morgan fingerprint density at radius 1 is 1.10 bits per heavy atom. The Bertz CT molecular complexity index is 690. The van der Waals surface area contributed by atoms with Crippen LogP contribution in [-0.4, -0.2) is 11.8 Å². The van der Waals surface area contributed by atoms with Gasteiger partial charge in [0.15, 0.2) is 5.78 Å². The first-order valence-corrected chi connectivity index (χ1v) is 6.31. The lowest BCUT2D eigenvalue weighted by Crippen LogP contribution is -2.07. The average Bonchev–Trinajstić information content (AvgIpc) is 2.47. The molecule has 0 fully saturated rings. The van der Waals surface area contributed by atoms with Gasteiger partial charge in [-0.15, -0.1) is 0 Å². The van der Waals surface area contributed by atoms with Crippen LogP contribution in [0.25, 0.3) is 6.08 Å². The number of esters is 1. The predicted octanol–water partition coefficient (Wildman–Crippen LogP) is 3.65. The van der Waals surface area contributed by atoms with Crippen molar-refractivity contribution in [2.24, 2.45) is 0 Å². The van der Waals surface area contributed by atoms with E-state index in [4.69, 9.17) is 4.74 Å². The molecule has 0 radical (unpaired) electrons. The van der Waals surface area contributed by atoms with E-state index in [1.165, 1.54) is 19.1 Å². The van der Waals surface area contributed by atoms with Gasteiger partial charge in [-0.2, -0.15) is 0 Å². The Morgan fingerprint density at radius 3 is 2.48 bits per heavy atom. The van der Waals surface area contributed by atoms with Crippen molar-refractivity contribution >= 4 is 17.8 Å². The topological polar surface area (TPSA) is 43.4 Å². The molecule has 21 heavy (non-hydrogen) atoms. The highest BCUT2D eigenvalue weighted by Crippen LogP contribution is 2.21. The van der Waals surface area contributed by atoms with Crippen LogP contribution in [0.4, 0.5) is 4.39 Å². The smallest absolute Gasteiger partial charge is 0.308 e. The Hall–Kier alpha value is -2.75. The average molecular weight is 284 g/mol. The molecular weight excluding hydrogens is 271 g/mol. The van der Waals surface area contributed by atoms with Gasteiger partial charge in [0.25, 0.3) is 0 Å². The van der Waals surface area contributed by atoms with E-state index in [0.29, 0.717) is 0 Å². The molecule has 0 aliphatic rings. The zero-order chi connectivity index (χ0) is 15.2. The van der Waals surface area contributed by atoms with Crippen LogP contribution in [0.1, 0.15) is 22.8 Å². The predicted molar refractivity (Wildman–Crippen MR) is 77.5 cm³/mol. The maximum Gasteiger partial charge on any atom is 0.308 e. The summed E-state index contributed by atoms with van der Waals surface area (Å²) in [5.41, 5.74) is 0.855. The van der Waals surface area contributed by atoms with Crippen molar-refractivity contribution in [3.05, 3.63) is 71.6 Å². The number of benzene rings is 2. The van der Waals surface area contributed by atoms with Gasteiger partial charge in [-0.3, -0.25) is 9.59 Å². The van der Waals surface area contributed by atoms with Crippen LogP contribution in [0, 0.1) is 5.82 Å². The minimum atomic E-state index is -0.567. The largest absolute Gasteiger partial charge is 0.426 e. The number of ketones is 1. The molecule has 0 aliphatic heterocycles. The summed E-state index contributed by atoms with van der Waals surface area (Å²) >= 11 is 0. The number of halogens is 1. The minimum absolute atomic E-state index is 0.0115. The van der Waals surface area contributed by atoms with Crippen molar-refractivity contribution in [3.8, 4) is 5.75 Å². The molecule has 0 aliphatic carbocycles. The highest BCUT2D eigenvalue weighted by molar-refractivity contribution is 6.08. The van der Waals surface area contributed by atoms with Gasteiger partial charge in [0.1, 0.15) is 11.6 Å². The van der Waals surface area contributed by atoms with Crippen LogP contribution in [0.5, 0.6) is 5.75 Å². The monoisotopic (exact) mass is 284 g/mol. The normalized spacial score (nSPS) is 10.6. The summed E-state index contributed by atoms with van der Waals surface area (Å²) in [6, 6.07) is 12.7. The molecule has 2 aromatic carbocycles. The number of rotatable bonds is 4. The number of allylic oxidation sites excluding steroid dienone is 1. The molecule has 0 N–H and O–H groups in total. The van der Waals surface area contributed by atoms with Gasteiger partial charge >= 0.3 is 5.97 Å². The lowest BCUT2D eigenvalue weighted by Gasteiger charge is -2.06. The highest BCUT2D eigenvalue weighted by Gasteiger charge is 2.13. The Balaban J connectivity index is 2.28. The molecule has 0 unspecified atom stereocenters. The maximum atomic E-state index is 13.3. The van der Waals surface area contributed by atoms with Crippen molar-refractivity contribution in [2.45, 2.75) is 6.92 Å². The third-order valence-corrected chi connectivity index (χ3v) is 2.69. The van der Waals surface area contributed by atoms with E-state index >= 15 is 0 Å².